The van der Waals surface area contributed by atoms with E-state index < -0.39 is 0 Å². The van der Waals surface area contributed by atoms with Crippen LogP contribution in [0.4, 0.5) is 17.2 Å². The number of nitrogens with two attached hydrogens (primary N) is 1. The molecule has 1 aromatic heterocycles. The van der Waals surface area contributed by atoms with E-state index in [-0.39, 0.29) is 0 Å². The lowest BCUT2D eigenvalue weighted by Crippen LogP contribution is -2.14. The Morgan fingerprint density at radius 1 is 1.28 bits per heavy atom. The summed E-state index contributed by atoms with van der Waals surface area (Å²) in [5.74, 6) is 1.02. The summed E-state index contributed by atoms with van der Waals surface area (Å²) in [5, 5.41) is 0. The lowest BCUT2D eigenvalue weighted by molar-refractivity contribution is 0.399. The van der Waals surface area contributed by atoms with Crippen LogP contribution in [0.5, 0.6) is 5.88 Å². The monoisotopic (exact) mass is 244 g/mol. The van der Waals surface area contributed by atoms with Gasteiger partial charge in [-0.15, -0.1) is 0 Å². The average molecular weight is 244 g/mol. The number of aromatic nitrogens is 2. The standard InChI is InChI=1S/C13H16N4O/c1-9-5-4-6-10(7-9)17(2)12-11(14)13(18-3)16-8-15-12/h4-8H,14H2,1-3H3. The molecular formula is C13H16N4O. The molecule has 0 spiro atoms. The Morgan fingerprint density at radius 3 is 2.72 bits per heavy atom. The third kappa shape index (κ3) is 2.20. The molecule has 0 saturated heterocycles. The topological polar surface area (TPSA) is 64.3 Å². The molecule has 0 atom stereocenters. The highest BCUT2D eigenvalue weighted by molar-refractivity contribution is 5.73. The third-order valence-corrected chi connectivity index (χ3v) is 2.73. The quantitative estimate of drug-likeness (QED) is 0.896. The number of nitrogens with zero attached hydrogens (tertiary/aromatic N) is 3. The summed E-state index contributed by atoms with van der Waals surface area (Å²) in [4.78, 5) is 10.1. The summed E-state index contributed by atoms with van der Waals surface area (Å²) in [5.41, 5.74) is 8.61. The van der Waals surface area contributed by atoms with Gasteiger partial charge >= 0.3 is 0 Å². The number of hydrogen-bond donors (Lipinski definition) is 1. The van der Waals surface area contributed by atoms with E-state index in [1.165, 1.54) is 19.0 Å². The Morgan fingerprint density at radius 2 is 2.06 bits per heavy atom. The van der Waals surface area contributed by atoms with Crippen LogP contribution in [0, 0.1) is 6.92 Å². The maximum Gasteiger partial charge on any atom is 0.242 e. The second-order valence-corrected chi connectivity index (χ2v) is 4.02. The summed E-state index contributed by atoms with van der Waals surface area (Å²) in [7, 11) is 3.45. The number of benzene rings is 1. The van der Waals surface area contributed by atoms with Gasteiger partial charge in [0.25, 0.3) is 0 Å². The first-order chi connectivity index (χ1) is 8.63. The molecule has 0 amide bonds. The molecule has 2 rings (SSSR count). The summed E-state index contributed by atoms with van der Waals surface area (Å²) < 4.78 is 5.09. The van der Waals surface area contributed by atoms with Gasteiger partial charge in [0.2, 0.25) is 5.88 Å². The Bertz CT molecular complexity index is 556. The number of ether oxygens (including phenoxy) is 1. The van der Waals surface area contributed by atoms with E-state index in [1.807, 2.05) is 37.1 Å². The molecule has 2 aromatic rings. The molecule has 0 aliphatic rings. The van der Waals surface area contributed by atoms with Crippen LogP contribution in [0.3, 0.4) is 0 Å². The van der Waals surface area contributed by atoms with Crippen LogP contribution in [-0.4, -0.2) is 24.1 Å². The second-order valence-electron chi connectivity index (χ2n) is 4.02. The fraction of sp³-hybridized carbons (Fsp3) is 0.231. The smallest absolute Gasteiger partial charge is 0.242 e. The van der Waals surface area contributed by atoms with Crippen molar-refractivity contribution in [1.29, 1.82) is 0 Å². The maximum atomic E-state index is 5.98. The lowest BCUT2D eigenvalue weighted by Gasteiger charge is -2.20. The van der Waals surface area contributed by atoms with E-state index in [4.69, 9.17) is 10.5 Å². The number of aryl methyl sites for hydroxylation is 1. The first-order valence-corrected chi connectivity index (χ1v) is 5.58. The van der Waals surface area contributed by atoms with Crippen LogP contribution in [-0.2, 0) is 0 Å². The van der Waals surface area contributed by atoms with E-state index in [2.05, 4.69) is 16.0 Å². The minimum atomic E-state index is 0.388. The van der Waals surface area contributed by atoms with E-state index in [9.17, 15) is 0 Å². The zero-order chi connectivity index (χ0) is 13.1. The molecule has 0 fully saturated rings. The first kappa shape index (κ1) is 12.2. The van der Waals surface area contributed by atoms with Crippen LogP contribution in [0.2, 0.25) is 0 Å². The minimum absolute atomic E-state index is 0.388. The zero-order valence-corrected chi connectivity index (χ0v) is 10.7. The molecule has 94 valence electrons. The van der Waals surface area contributed by atoms with Gasteiger partial charge in [-0.1, -0.05) is 12.1 Å². The third-order valence-electron chi connectivity index (χ3n) is 2.73. The molecule has 1 heterocycles. The molecule has 0 radical (unpaired) electrons. The molecule has 0 aliphatic carbocycles. The number of methoxy groups -OCH3 is 1. The lowest BCUT2D eigenvalue weighted by atomic mass is 10.2. The van der Waals surface area contributed by atoms with Crippen molar-refractivity contribution in [2.24, 2.45) is 0 Å². The molecular weight excluding hydrogens is 228 g/mol. The normalized spacial score (nSPS) is 10.2. The van der Waals surface area contributed by atoms with Crippen LogP contribution in [0.25, 0.3) is 0 Å². The van der Waals surface area contributed by atoms with Crippen molar-refractivity contribution >= 4 is 17.2 Å². The SMILES string of the molecule is COc1ncnc(N(C)c2cccc(C)c2)c1N. The summed E-state index contributed by atoms with van der Waals surface area (Å²) in [6, 6.07) is 8.10. The van der Waals surface area contributed by atoms with Crippen LogP contribution < -0.4 is 15.4 Å². The zero-order valence-electron chi connectivity index (χ0n) is 10.7. The van der Waals surface area contributed by atoms with Crippen LogP contribution in [0.1, 0.15) is 5.56 Å². The Balaban J connectivity index is 2.43. The summed E-state index contributed by atoms with van der Waals surface area (Å²) >= 11 is 0. The first-order valence-electron chi connectivity index (χ1n) is 5.58. The van der Waals surface area contributed by atoms with Gasteiger partial charge in [0.1, 0.15) is 12.0 Å². The van der Waals surface area contributed by atoms with Gasteiger partial charge in [-0.3, -0.25) is 0 Å². The maximum absolute atomic E-state index is 5.98. The van der Waals surface area contributed by atoms with Crippen molar-refractivity contribution in [3.05, 3.63) is 36.2 Å². The fourth-order valence-corrected chi connectivity index (χ4v) is 1.76. The van der Waals surface area contributed by atoms with Crippen molar-refractivity contribution in [1.82, 2.24) is 9.97 Å². The van der Waals surface area contributed by atoms with Crippen molar-refractivity contribution in [3.63, 3.8) is 0 Å². The average Bonchev–Trinajstić information content (AvgIpc) is 2.38. The Labute approximate surface area is 106 Å². The van der Waals surface area contributed by atoms with E-state index in [0.717, 1.165) is 5.69 Å². The van der Waals surface area contributed by atoms with E-state index in [0.29, 0.717) is 17.4 Å². The van der Waals surface area contributed by atoms with Gasteiger partial charge in [0.15, 0.2) is 5.82 Å². The van der Waals surface area contributed by atoms with Crippen molar-refractivity contribution in [3.8, 4) is 5.88 Å². The van der Waals surface area contributed by atoms with Gasteiger partial charge in [-0.05, 0) is 24.6 Å². The largest absolute Gasteiger partial charge is 0.479 e. The highest BCUT2D eigenvalue weighted by Gasteiger charge is 2.13. The molecule has 0 unspecified atom stereocenters. The van der Waals surface area contributed by atoms with Gasteiger partial charge < -0.3 is 15.4 Å². The molecule has 18 heavy (non-hydrogen) atoms. The minimum Gasteiger partial charge on any atom is -0.479 e. The van der Waals surface area contributed by atoms with Crippen molar-refractivity contribution < 1.29 is 4.74 Å². The van der Waals surface area contributed by atoms with Crippen molar-refractivity contribution in [2.45, 2.75) is 6.92 Å². The molecule has 5 nitrogen and oxygen atoms in total. The molecule has 0 saturated carbocycles. The van der Waals surface area contributed by atoms with Crippen LogP contribution in [0.15, 0.2) is 30.6 Å². The number of rotatable bonds is 3. The van der Waals surface area contributed by atoms with Crippen LogP contribution >= 0.6 is 0 Å². The molecule has 0 aliphatic heterocycles. The fourth-order valence-electron chi connectivity index (χ4n) is 1.76. The number of anilines is 3. The summed E-state index contributed by atoms with van der Waals surface area (Å²) in [6.07, 6.45) is 1.44. The second kappa shape index (κ2) is 4.91. The van der Waals surface area contributed by atoms with E-state index >= 15 is 0 Å². The summed E-state index contributed by atoms with van der Waals surface area (Å²) in [6.45, 7) is 2.04. The van der Waals surface area contributed by atoms with Gasteiger partial charge in [-0.2, -0.15) is 4.98 Å². The molecule has 2 N–H and O–H groups in total. The van der Waals surface area contributed by atoms with Gasteiger partial charge in [0, 0.05) is 12.7 Å². The molecule has 1 aromatic carbocycles. The highest BCUT2D eigenvalue weighted by atomic mass is 16.5. The number of nitrogen functional groups attached to an aromatic ring is 1. The predicted molar refractivity (Wildman–Crippen MR) is 72.2 cm³/mol. The van der Waals surface area contributed by atoms with E-state index in [1.54, 1.807) is 0 Å². The Hall–Kier alpha value is -2.30. The van der Waals surface area contributed by atoms with Gasteiger partial charge in [0.05, 0.1) is 7.11 Å². The highest BCUT2D eigenvalue weighted by Crippen LogP contribution is 2.31. The Kier molecular flexibility index (Phi) is 3.32. The molecule has 5 heteroatoms. The number of hydrogen-bond acceptors (Lipinski definition) is 5. The predicted octanol–water partition coefficient (Wildman–Crippen LogP) is 2.14. The van der Waals surface area contributed by atoms with Gasteiger partial charge in [-0.25, -0.2) is 4.98 Å². The molecule has 0 bridgehead atoms. The van der Waals surface area contributed by atoms with Crippen molar-refractivity contribution in [2.75, 3.05) is 24.8 Å².